The number of hydrogen-bond acceptors (Lipinski definition) is 2. The third-order valence-electron chi connectivity index (χ3n) is 2.47. The highest BCUT2D eigenvalue weighted by Gasteiger charge is 2.29. The molecule has 0 fully saturated rings. The third kappa shape index (κ3) is 4.20. The van der Waals surface area contributed by atoms with Gasteiger partial charge in [0.2, 0.25) is 0 Å². The molecule has 0 heterocycles. The summed E-state index contributed by atoms with van der Waals surface area (Å²) in [6, 6.07) is 8.76. The van der Waals surface area contributed by atoms with Gasteiger partial charge in [0, 0.05) is 11.8 Å². The van der Waals surface area contributed by atoms with E-state index >= 15 is 0 Å². The first-order valence-corrected chi connectivity index (χ1v) is 5.76. The van der Waals surface area contributed by atoms with E-state index in [1.807, 2.05) is 0 Å². The predicted octanol–water partition coefficient (Wildman–Crippen LogP) is 4.46. The standard InChI is InChI=1S/C14H9F4NO2/c15-10-2-1-3-12(8-10)21-13(20)19-11-6-4-9(5-7-11)14(16,17)18/h1-8H,(H,19,20). The molecule has 1 N–H and O–H groups in total. The fourth-order valence-electron chi connectivity index (χ4n) is 1.52. The number of ether oxygens (including phenoxy) is 1. The van der Waals surface area contributed by atoms with Gasteiger partial charge in [0.15, 0.2) is 0 Å². The molecule has 0 spiro atoms. The minimum atomic E-state index is -4.44. The zero-order valence-electron chi connectivity index (χ0n) is 10.4. The van der Waals surface area contributed by atoms with Gasteiger partial charge in [0.1, 0.15) is 11.6 Å². The van der Waals surface area contributed by atoms with Gasteiger partial charge in [-0.3, -0.25) is 5.32 Å². The van der Waals surface area contributed by atoms with Crippen LogP contribution in [0.2, 0.25) is 0 Å². The van der Waals surface area contributed by atoms with Gasteiger partial charge in [-0.15, -0.1) is 0 Å². The number of anilines is 1. The molecule has 0 unspecified atom stereocenters. The zero-order valence-corrected chi connectivity index (χ0v) is 10.4. The minimum absolute atomic E-state index is 0.0144. The molecular weight excluding hydrogens is 290 g/mol. The summed E-state index contributed by atoms with van der Waals surface area (Å²) in [5.74, 6) is -0.589. The fraction of sp³-hybridized carbons (Fsp3) is 0.0714. The van der Waals surface area contributed by atoms with Gasteiger partial charge in [0.25, 0.3) is 0 Å². The number of benzene rings is 2. The number of carbonyl (C=O) groups excluding carboxylic acids is 1. The Hall–Kier alpha value is -2.57. The molecule has 0 saturated heterocycles. The molecule has 0 atom stereocenters. The quantitative estimate of drug-likeness (QED) is 0.832. The molecule has 2 aromatic rings. The molecule has 21 heavy (non-hydrogen) atoms. The molecule has 0 aliphatic rings. The van der Waals surface area contributed by atoms with Gasteiger partial charge in [-0.25, -0.2) is 9.18 Å². The maximum absolute atomic E-state index is 12.9. The smallest absolute Gasteiger partial charge is 0.410 e. The molecule has 1 amide bonds. The van der Waals surface area contributed by atoms with E-state index in [1.54, 1.807) is 0 Å². The second kappa shape index (κ2) is 5.82. The van der Waals surface area contributed by atoms with E-state index in [0.717, 1.165) is 30.3 Å². The number of halogens is 4. The van der Waals surface area contributed by atoms with Gasteiger partial charge < -0.3 is 4.74 Å². The number of carbonyl (C=O) groups is 1. The van der Waals surface area contributed by atoms with Crippen molar-refractivity contribution in [2.24, 2.45) is 0 Å². The SMILES string of the molecule is O=C(Nc1ccc(C(F)(F)F)cc1)Oc1cccc(F)c1. The Balaban J connectivity index is 2.00. The van der Waals surface area contributed by atoms with Gasteiger partial charge >= 0.3 is 12.3 Å². The molecule has 3 nitrogen and oxygen atoms in total. The van der Waals surface area contributed by atoms with Crippen molar-refractivity contribution in [3.8, 4) is 5.75 Å². The molecule has 110 valence electrons. The lowest BCUT2D eigenvalue weighted by Crippen LogP contribution is -2.17. The lowest BCUT2D eigenvalue weighted by molar-refractivity contribution is -0.137. The Morgan fingerprint density at radius 2 is 1.71 bits per heavy atom. The molecule has 0 saturated carbocycles. The van der Waals surface area contributed by atoms with E-state index in [1.165, 1.54) is 18.2 Å². The normalized spacial score (nSPS) is 11.0. The summed E-state index contributed by atoms with van der Waals surface area (Å²) in [6.45, 7) is 0. The third-order valence-corrected chi connectivity index (χ3v) is 2.47. The molecule has 0 bridgehead atoms. The first-order valence-electron chi connectivity index (χ1n) is 5.76. The predicted molar refractivity (Wildman–Crippen MR) is 67.5 cm³/mol. The molecule has 2 aromatic carbocycles. The van der Waals surface area contributed by atoms with Gasteiger partial charge in [-0.1, -0.05) is 6.07 Å². The lowest BCUT2D eigenvalue weighted by Gasteiger charge is -2.09. The molecule has 0 aromatic heterocycles. The van der Waals surface area contributed by atoms with Crippen LogP contribution in [-0.4, -0.2) is 6.09 Å². The van der Waals surface area contributed by atoms with Crippen LogP contribution in [0.5, 0.6) is 5.75 Å². The van der Waals surface area contributed by atoms with Crippen LogP contribution < -0.4 is 10.1 Å². The summed E-state index contributed by atoms with van der Waals surface area (Å²) >= 11 is 0. The van der Waals surface area contributed by atoms with E-state index < -0.39 is 23.7 Å². The average Bonchev–Trinajstić information content (AvgIpc) is 2.38. The van der Waals surface area contributed by atoms with Crippen molar-refractivity contribution in [3.63, 3.8) is 0 Å². The monoisotopic (exact) mass is 299 g/mol. The molecule has 0 radical (unpaired) electrons. The minimum Gasteiger partial charge on any atom is -0.410 e. The van der Waals surface area contributed by atoms with Crippen molar-refractivity contribution < 1.29 is 27.1 Å². The Morgan fingerprint density at radius 3 is 2.29 bits per heavy atom. The Bertz CT molecular complexity index is 638. The molecule has 0 aliphatic heterocycles. The van der Waals surface area contributed by atoms with Crippen molar-refractivity contribution in [1.29, 1.82) is 0 Å². The number of hydrogen-bond donors (Lipinski definition) is 1. The van der Waals surface area contributed by atoms with Crippen LogP contribution in [0.3, 0.4) is 0 Å². The van der Waals surface area contributed by atoms with E-state index in [2.05, 4.69) is 5.32 Å². The Morgan fingerprint density at radius 1 is 1.05 bits per heavy atom. The number of nitrogens with one attached hydrogen (secondary N) is 1. The number of amides is 1. The highest BCUT2D eigenvalue weighted by molar-refractivity contribution is 5.86. The van der Waals surface area contributed by atoms with Crippen molar-refractivity contribution >= 4 is 11.8 Å². The topological polar surface area (TPSA) is 38.3 Å². The van der Waals surface area contributed by atoms with Crippen LogP contribution in [0.25, 0.3) is 0 Å². The highest BCUT2D eigenvalue weighted by atomic mass is 19.4. The zero-order chi connectivity index (χ0) is 15.5. The maximum Gasteiger partial charge on any atom is 0.417 e. The van der Waals surface area contributed by atoms with Gasteiger partial charge in [0.05, 0.1) is 5.56 Å². The van der Waals surface area contributed by atoms with Crippen LogP contribution in [-0.2, 0) is 6.18 Å². The van der Waals surface area contributed by atoms with Gasteiger partial charge in [-0.2, -0.15) is 13.2 Å². The van der Waals surface area contributed by atoms with Crippen molar-refractivity contribution in [2.45, 2.75) is 6.18 Å². The Labute approximate surface area is 117 Å². The molecule has 7 heteroatoms. The fourth-order valence-corrected chi connectivity index (χ4v) is 1.52. The highest BCUT2D eigenvalue weighted by Crippen LogP contribution is 2.29. The van der Waals surface area contributed by atoms with E-state index in [4.69, 9.17) is 4.74 Å². The molecule has 2 rings (SSSR count). The van der Waals surface area contributed by atoms with E-state index in [9.17, 15) is 22.4 Å². The van der Waals surface area contributed by atoms with Crippen LogP contribution in [0.4, 0.5) is 28.0 Å². The van der Waals surface area contributed by atoms with Crippen LogP contribution in [0.15, 0.2) is 48.5 Å². The summed E-state index contributed by atoms with van der Waals surface area (Å²) in [5, 5.41) is 2.24. The van der Waals surface area contributed by atoms with Crippen LogP contribution >= 0.6 is 0 Å². The largest absolute Gasteiger partial charge is 0.417 e. The second-order valence-corrected chi connectivity index (χ2v) is 4.05. The number of rotatable bonds is 2. The van der Waals surface area contributed by atoms with E-state index in [-0.39, 0.29) is 11.4 Å². The van der Waals surface area contributed by atoms with Gasteiger partial charge in [-0.05, 0) is 36.4 Å². The average molecular weight is 299 g/mol. The maximum atomic E-state index is 12.9. The first kappa shape index (κ1) is 14.8. The van der Waals surface area contributed by atoms with Crippen LogP contribution in [0.1, 0.15) is 5.56 Å². The summed E-state index contributed by atoms with van der Waals surface area (Å²) in [7, 11) is 0. The summed E-state index contributed by atoms with van der Waals surface area (Å²) in [6.07, 6.45) is -5.37. The van der Waals surface area contributed by atoms with Crippen molar-refractivity contribution in [3.05, 3.63) is 59.9 Å². The second-order valence-electron chi connectivity index (χ2n) is 4.05. The first-order chi connectivity index (χ1) is 9.84. The number of alkyl halides is 3. The van der Waals surface area contributed by atoms with Crippen LogP contribution in [0, 0.1) is 5.82 Å². The Kier molecular flexibility index (Phi) is 4.11. The van der Waals surface area contributed by atoms with Crippen molar-refractivity contribution in [2.75, 3.05) is 5.32 Å². The molecule has 0 aliphatic carbocycles. The summed E-state index contributed by atoms with van der Waals surface area (Å²) in [4.78, 5) is 11.5. The summed E-state index contributed by atoms with van der Waals surface area (Å²) < 4.78 is 54.7. The molecular formula is C14H9F4NO2. The summed E-state index contributed by atoms with van der Waals surface area (Å²) in [5.41, 5.74) is -0.698. The van der Waals surface area contributed by atoms with Crippen molar-refractivity contribution in [1.82, 2.24) is 0 Å². The lowest BCUT2D eigenvalue weighted by atomic mass is 10.2. The van der Waals surface area contributed by atoms with E-state index in [0.29, 0.717) is 0 Å².